The van der Waals surface area contributed by atoms with Crippen LogP contribution in [0.4, 0.5) is 5.95 Å². The van der Waals surface area contributed by atoms with E-state index in [0.29, 0.717) is 17.8 Å². The van der Waals surface area contributed by atoms with Gasteiger partial charge in [0.1, 0.15) is 0 Å². The summed E-state index contributed by atoms with van der Waals surface area (Å²) >= 11 is 0. The predicted octanol–water partition coefficient (Wildman–Crippen LogP) is 3.51. The molecule has 1 aliphatic heterocycles. The molecule has 1 unspecified atom stereocenters. The van der Waals surface area contributed by atoms with Gasteiger partial charge in [-0.25, -0.2) is 0 Å². The van der Waals surface area contributed by atoms with Gasteiger partial charge in [-0.15, -0.1) is 0 Å². The van der Waals surface area contributed by atoms with Crippen molar-refractivity contribution in [3.63, 3.8) is 0 Å². The Morgan fingerprint density at radius 3 is 2.54 bits per heavy atom. The standard InChI is InChI=1S/C19H28N4O/c1-15(16-7-5-4-6-8-16)9-12-23-13-10-17(11-14-23)18-20-19(21-24-18)22(2)3/h4-8,15,17H,9-14H2,1-3H3. The van der Waals surface area contributed by atoms with Crippen LogP contribution in [-0.4, -0.2) is 48.8 Å². The number of hydrogen-bond acceptors (Lipinski definition) is 5. The fourth-order valence-corrected chi connectivity index (χ4v) is 3.30. The van der Waals surface area contributed by atoms with E-state index in [1.54, 1.807) is 0 Å². The minimum absolute atomic E-state index is 0.411. The van der Waals surface area contributed by atoms with Crippen LogP contribution in [0.3, 0.4) is 0 Å². The van der Waals surface area contributed by atoms with E-state index in [4.69, 9.17) is 4.52 Å². The maximum absolute atomic E-state index is 5.44. The van der Waals surface area contributed by atoms with Crippen molar-refractivity contribution >= 4 is 5.95 Å². The molecule has 1 aromatic carbocycles. The van der Waals surface area contributed by atoms with E-state index in [1.807, 2.05) is 19.0 Å². The van der Waals surface area contributed by atoms with Crippen molar-refractivity contribution in [2.24, 2.45) is 0 Å². The van der Waals surface area contributed by atoms with Crippen molar-refractivity contribution in [2.45, 2.75) is 38.0 Å². The molecule has 2 aromatic rings. The summed E-state index contributed by atoms with van der Waals surface area (Å²) in [5.41, 5.74) is 1.44. The van der Waals surface area contributed by atoms with Gasteiger partial charge in [0.2, 0.25) is 5.89 Å². The maximum Gasteiger partial charge on any atom is 0.265 e. The van der Waals surface area contributed by atoms with Crippen molar-refractivity contribution in [1.82, 2.24) is 15.0 Å². The first-order valence-corrected chi connectivity index (χ1v) is 8.91. The van der Waals surface area contributed by atoms with E-state index in [0.717, 1.165) is 38.4 Å². The zero-order chi connectivity index (χ0) is 16.9. The summed E-state index contributed by atoms with van der Waals surface area (Å²) in [7, 11) is 3.87. The average molecular weight is 328 g/mol. The Hall–Kier alpha value is -1.88. The van der Waals surface area contributed by atoms with Gasteiger partial charge in [0.25, 0.3) is 5.95 Å². The summed E-state index contributed by atoms with van der Waals surface area (Å²) < 4.78 is 5.44. The highest BCUT2D eigenvalue weighted by atomic mass is 16.5. The highest BCUT2D eigenvalue weighted by molar-refractivity contribution is 5.24. The van der Waals surface area contributed by atoms with Crippen LogP contribution in [0.2, 0.25) is 0 Å². The number of piperidine rings is 1. The average Bonchev–Trinajstić information content (AvgIpc) is 3.11. The summed E-state index contributed by atoms with van der Waals surface area (Å²) in [6, 6.07) is 10.8. The first-order chi connectivity index (χ1) is 11.6. The van der Waals surface area contributed by atoms with E-state index in [-0.39, 0.29) is 0 Å². The fourth-order valence-electron chi connectivity index (χ4n) is 3.30. The zero-order valence-corrected chi connectivity index (χ0v) is 15.0. The summed E-state index contributed by atoms with van der Waals surface area (Å²) in [5, 5.41) is 4.03. The number of likely N-dealkylation sites (tertiary alicyclic amines) is 1. The molecule has 0 saturated carbocycles. The molecule has 24 heavy (non-hydrogen) atoms. The van der Waals surface area contributed by atoms with Crippen molar-refractivity contribution in [3.8, 4) is 0 Å². The van der Waals surface area contributed by atoms with Gasteiger partial charge in [0.05, 0.1) is 0 Å². The van der Waals surface area contributed by atoms with Crippen LogP contribution in [-0.2, 0) is 0 Å². The predicted molar refractivity (Wildman–Crippen MR) is 96.5 cm³/mol. The molecule has 130 valence electrons. The van der Waals surface area contributed by atoms with Crippen LogP contribution in [0.1, 0.15) is 49.5 Å². The minimum atomic E-state index is 0.411. The summed E-state index contributed by atoms with van der Waals surface area (Å²) in [6.07, 6.45) is 3.42. The molecule has 0 aliphatic carbocycles. The molecular weight excluding hydrogens is 300 g/mol. The Morgan fingerprint density at radius 2 is 1.92 bits per heavy atom. The SMILES string of the molecule is CC(CCN1CCC(c2nc(N(C)C)no2)CC1)c1ccccc1. The molecule has 1 atom stereocenters. The normalized spacial score (nSPS) is 17.8. The minimum Gasteiger partial charge on any atom is -0.344 e. The molecule has 0 N–H and O–H groups in total. The molecule has 5 heteroatoms. The third-order valence-corrected chi connectivity index (χ3v) is 5.01. The lowest BCUT2D eigenvalue weighted by molar-refractivity contribution is 0.190. The van der Waals surface area contributed by atoms with Gasteiger partial charge in [-0.3, -0.25) is 0 Å². The van der Waals surface area contributed by atoms with Crippen LogP contribution in [0.5, 0.6) is 0 Å². The third kappa shape index (κ3) is 4.15. The monoisotopic (exact) mass is 328 g/mol. The Labute approximate surface area is 144 Å². The molecule has 3 rings (SSSR count). The Balaban J connectivity index is 1.45. The van der Waals surface area contributed by atoms with Crippen LogP contribution < -0.4 is 4.90 Å². The summed E-state index contributed by atoms with van der Waals surface area (Å²) in [6.45, 7) is 5.72. The van der Waals surface area contributed by atoms with Gasteiger partial charge in [-0.05, 0) is 55.5 Å². The van der Waals surface area contributed by atoms with E-state index in [9.17, 15) is 0 Å². The number of nitrogens with zero attached hydrogens (tertiary/aromatic N) is 4. The smallest absolute Gasteiger partial charge is 0.265 e. The Bertz CT molecular complexity index is 617. The molecule has 1 aliphatic rings. The molecule has 0 radical (unpaired) electrons. The molecule has 1 fully saturated rings. The number of hydrogen-bond donors (Lipinski definition) is 0. The molecular formula is C19H28N4O. The van der Waals surface area contributed by atoms with Gasteiger partial charge in [-0.2, -0.15) is 4.98 Å². The third-order valence-electron chi connectivity index (χ3n) is 5.01. The maximum atomic E-state index is 5.44. The fraction of sp³-hybridized carbons (Fsp3) is 0.579. The second-order valence-corrected chi connectivity index (χ2v) is 7.04. The summed E-state index contributed by atoms with van der Waals surface area (Å²) in [5.74, 6) is 2.50. The number of benzene rings is 1. The molecule has 1 saturated heterocycles. The lowest BCUT2D eigenvalue weighted by Gasteiger charge is -2.31. The van der Waals surface area contributed by atoms with Gasteiger partial charge >= 0.3 is 0 Å². The van der Waals surface area contributed by atoms with E-state index in [1.165, 1.54) is 12.0 Å². The van der Waals surface area contributed by atoms with E-state index >= 15 is 0 Å². The second kappa shape index (κ2) is 7.79. The molecule has 5 nitrogen and oxygen atoms in total. The lowest BCUT2D eigenvalue weighted by atomic mass is 9.94. The Kier molecular flexibility index (Phi) is 5.51. The van der Waals surface area contributed by atoms with E-state index < -0.39 is 0 Å². The lowest BCUT2D eigenvalue weighted by Crippen LogP contribution is -2.34. The van der Waals surface area contributed by atoms with Gasteiger partial charge in [0.15, 0.2) is 0 Å². The highest BCUT2D eigenvalue weighted by Gasteiger charge is 2.25. The number of anilines is 1. The molecule has 0 amide bonds. The van der Waals surface area contributed by atoms with Gasteiger partial charge in [0, 0.05) is 20.0 Å². The largest absolute Gasteiger partial charge is 0.344 e. The van der Waals surface area contributed by atoms with Gasteiger partial charge < -0.3 is 14.3 Å². The Morgan fingerprint density at radius 1 is 1.21 bits per heavy atom. The van der Waals surface area contributed by atoms with Crippen molar-refractivity contribution in [2.75, 3.05) is 38.6 Å². The van der Waals surface area contributed by atoms with Crippen molar-refractivity contribution < 1.29 is 4.52 Å². The molecule has 1 aromatic heterocycles. The number of rotatable bonds is 6. The molecule has 2 heterocycles. The topological polar surface area (TPSA) is 45.4 Å². The molecule has 0 bridgehead atoms. The van der Waals surface area contributed by atoms with E-state index in [2.05, 4.69) is 52.3 Å². The first-order valence-electron chi connectivity index (χ1n) is 8.91. The van der Waals surface area contributed by atoms with Gasteiger partial charge in [-0.1, -0.05) is 37.3 Å². The number of aromatic nitrogens is 2. The first kappa shape index (κ1) is 17.0. The van der Waals surface area contributed by atoms with Crippen molar-refractivity contribution in [3.05, 3.63) is 41.8 Å². The second-order valence-electron chi connectivity index (χ2n) is 7.04. The zero-order valence-electron chi connectivity index (χ0n) is 15.0. The van der Waals surface area contributed by atoms with Crippen LogP contribution in [0.25, 0.3) is 0 Å². The van der Waals surface area contributed by atoms with Crippen LogP contribution in [0, 0.1) is 0 Å². The summed E-state index contributed by atoms with van der Waals surface area (Å²) in [4.78, 5) is 8.95. The quantitative estimate of drug-likeness (QED) is 0.812. The highest BCUT2D eigenvalue weighted by Crippen LogP contribution is 2.28. The van der Waals surface area contributed by atoms with Crippen LogP contribution in [0.15, 0.2) is 34.9 Å². The molecule has 0 spiro atoms. The van der Waals surface area contributed by atoms with Crippen LogP contribution >= 0.6 is 0 Å². The van der Waals surface area contributed by atoms with Crippen molar-refractivity contribution in [1.29, 1.82) is 0 Å².